The highest BCUT2D eigenvalue weighted by Crippen LogP contribution is 2.23. The average Bonchev–Trinajstić information content (AvgIpc) is 2.75. The summed E-state index contributed by atoms with van der Waals surface area (Å²) in [5.41, 5.74) is 2.13. The van der Waals surface area contributed by atoms with Gasteiger partial charge < -0.3 is 16.0 Å². The molecule has 0 bridgehead atoms. The summed E-state index contributed by atoms with van der Waals surface area (Å²) in [5, 5.41) is 9.08. The molecule has 0 spiro atoms. The molecule has 166 valence electrons. The molecule has 33 heavy (non-hydrogen) atoms. The maximum atomic E-state index is 14.0. The van der Waals surface area contributed by atoms with Crippen LogP contribution < -0.4 is 16.0 Å². The summed E-state index contributed by atoms with van der Waals surface area (Å²) in [4.78, 5) is 25.5. The van der Waals surface area contributed by atoms with Crippen LogP contribution in [0.4, 0.5) is 33.2 Å². The second kappa shape index (κ2) is 9.62. The van der Waals surface area contributed by atoms with Gasteiger partial charge in [-0.15, -0.1) is 0 Å². The summed E-state index contributed by atoms with van der Waals surface area (Å²) in [6, 6.07) is 16.6. The number of carbonyl (C=O) groups is 1. The van der Waals surface area contributed by atoms with Gasteiger partial charge in [0.1, 0.15) is 29.1 Å². The van der Waals surface area contributed by atoms with Crippen molar-refractivity contribution in [2.75, 3.05) is 16.0 Å². The van der Waals surface area contributed by atoms with Crippen molar-refractivity contribution in [3.8, 4) is 0 Å². The number of amides is 1. The van der Waals surface area contributed by atoms with E-state index in [-0.39, 0.29) is 10.6 Å². The van der Waals surface area contributed by atoms with Crippen LogP contribution in [0.25, 0.3) is 0 Å². The third-order valence-corrected chi connectivity index (χ3v) is 4.93. The number of nitrogens with zero attached hydrogens (tertiary/aromatic N) is 3. The fourth-order valence-electron chi connectivity index (χ4n) is 3.12. The molecular formula is C24H20ClFN6O. The molecule has 1 amide bonds. The molecule has 0 fully saturated rings. The first-order valence-electron chi connectivity index (χ1n) is 10.1. The SMILES string of the molecule is Cc1ccnc(Nc2cc(Nc3ccc(NC(=O)c4c(F)cccc4Cl)cc3)nc(C)n2)c1. The van der Waals surface area contributed by atoms with Crippen LogP contribution in [0.5, 0.6) is 0 Å². The Labute approximate surface area is 195 Å². The first-order valence-corrected chi connectivity index (χ1v) is 10.4. The minimum atomic E-state index is -0.678. The lowest BCUT2D eigenvalue weighted by Gasteiger charge is -2.11. The van der Waals surface area contributed by atoms with E-state index in [1.165, 1.54) is 18.2 Å². The smallest absolute Gasteiger partial charge is 0.260 e. The van der Waals surface area contributed by atoms with Crippen LogP contribution in [0.15, 0.2) is 66.9 Å². The van der Waals surface area contributed by atoms with Crippen molar-refractivity contribution < 1.29 is 9.18 Å². The van der Waals surface area contributed by atoms with Crippen molar-refractivity contribution in [3.63, 3.8) is 0 Å². The number of rotatable bonds is 6. The molecular weight excluding hydrogens is 443 g/mol. The molecule has 2 aromatic carbocycles. The first kappa shape index (κ1) is 22.2. The minimum Gasteiger partial charge on any atom is -0.340 e. The van der Waals surface area contributed by atoms with Crippen molar-refractivity contribution >= 4 is 46.3 Å². The topological polar surface area (TPSA) is 91.8 Å². The zero-order valence-corrected chi connectivity index (χ0v) is 18.6. The van der Waals surface area contributed by atoms with Crippen LogP contribution in [0, 0.1) is 19.7 Å². The van der Waals surface area contributed by atoms with Crippen LogP contribution in [0.3, 0.4) is 0 Å². The fraction of sp³-hybridized carbons (Fsp3) is 0.0833. The van der Waals surface area contributed by atoms with Gasteiger partial charge in [-0.3, -0.25) is 4.79 Å². The summed E-state index contributed by atoms with van der Waals surface area (Å²) in [6.07, 6.45) is 1.73. The third kappa shape index (κ3) is 5.61. The standard InChI is InChI=1S/C24H20ClFN6O/c1-14-10-11-27-20(12-14)32-22-13-21(28-15(2)29-22)30-16-6-8-17(9-7-16)31-24(33)23-18(25)4-3-5-19(23)26/h3-13H,1-2H3,(H,31,33)(H2,27,28,29,30,32). The predicted octanol–water partition coefficient (Wildman–Crippen LogP) is 6.02. The highest BCUT2D eigenvalue weighted by molar-refractivity contribution is 6.34. The summed E-state index contributed by atoms with van der Waals surface area (Å²) < 4.78 is 14.0. The van der Waals surface area contributed by atoms with Gasteiger partial charge in [-0.1, -0.05) is 17.7 Å². The van der Waals surface area contributed by atoms with Crippen molar-refractivity contribution in [3.05, 3.63) is 94.7 Å². The van der Waals surface area contributed by atoms with Crippen LogP contribution >= 0.6 is 11.6 Å². The van der Waals surface area contributed by atoms with Gasteiger partial charge in [0.2, 0.25) is 0 Å². The lowest BCUT2D eigenvalue weighted by molar-refractivity contribution is 0.102. The number of pyridine rings is 1. The normalized spacial score (nSPS) is 10.5. The van der Waals surface area contributed by atoms with E-state index in [4.69, 9.17) is 11.6 Å². The van der Waals surface area contributed by atoms with Gasteiger partial charge in [0, 0.05) is 23.6 Å². The number of carbonyl (C=O) groups excluding carboxylic acids is 1. The van der Waals surface area contributed by atoms with Crippen molar-refractivity contribution in [2.45, 2.75) is 13.8 Å². The Bertz CT molecular complexity index is 1290. The molecule has 0 radical (unpaired) electrons. The lowest BCUT2D eigenvalue weighted by Crippen LogP contribution is -2.14. The van der Waals surface area contributed by atoms with Crippen LogP contribution in [-0.4, -0.2) is 20.9 Å². The highest BCUT2D eigenvalue weighted by atomic mass is 35.5. The van der Waals surface area contributed by atoms with Crippen molar-refractivity contribution in [1.82, 2.24) is 15.0 Å². The van der Waals surface area contributed by atoms with Crippen molar-refractivity contribution in [2.24, 2.45) is 0 Å². The number of anilines is 5. The lowest BCUT2D eigenvalue weighted by atomic mass is 10.2. The maximum absolute atomic E-state index is 14.0. The zero-order chi connectivity index (χ0) is 23.4. The maximum Gasteiger partial charge on any atom is 0.260 e. The molecule has 0 unspecified atom stereocenters. The van der Waals surface area contributed by atoms with Gasteiger partial charge in [-0.2, -0.15) is 0 Å². The van der Waals surface area contributed by atoms with E-state index in [0.29, 0.717) is 29.0 Å². The van der Waals surface area contributed by atoms with Gasteiger partial charge in [0.05, 0.1) is 10.6 Å². The van der Waals surface area contributed by atoms with E-state index < -0.39 is 11.7 Å². The molecule has 0 aliphatic heterocycles. The second-order valence-corrected chi connectivity index (χ2v) is 7.69. The van der Waals surface area contributed by atoms with Gasteiger partial charge >= 0.3 is 0 Å². The molecule has 0 saturated heterocycles. The quantitative estimate of drug-likeness (QED) is 0.324. The number of halogens is 2. The van der Waals surface area contributed by atoms with Gasteiger partial charge in [-0.05, 0) is 67.9 Å². The fourth-order valence-corrected chi connectivity index (χ4v) is 3.37. The molecule has 2 heterocycles. The van der Waals surface area contributed by atoms with E-state index in [1.807, 2.05) is 19.1 Å². The van der Waals surface area contributed by atoms with Gasteiger partial charge in [-0.25, -0.2) is 19.3 Å². The molecule has 2 aromatic heterocycles. The summed E-state index contributed by atoms with van der Waals surface area (Å²) in [7, 11) is 0. The van der Waals surface area contributed by atoms with Gasteiger partial charge in [0.15, 0.2) is 0 Å². The van der Waals surface area contributed by atoms with Crippen LogP contribution in [0.2, 0.25) is 5.02 Å². The summed E-state index contributed by atoms with van der Waals surface area (Å²) in [6.45, 7) is 3.79. The van der Waals surface area contributed by atoms with E-state index in [9.17, 15) is 9.18 Å². The predicted molar refractivity (Wildman–Crippen MR) is 128 cm³/mol. The largest absolute Gasteiger partial charge is 0.340 e. The Morgan fingerprint density at radius 2 is 1.58 bits per heavy atom. The number of aromatic nitrogens is 3. The first-order chi connectivity index (χ1) is 15.9. The van der Waals surface area contributed by atoms with Gasteiger partial charge in [0.25, 0.3) is 5.91 Å². The van der Waals surface area contributed by atoms with E-state index in [0.717, 1.165) is 11.3 Å². The Morgan fingerprint density at radius 3 is 2.27 bits per heavy atom. The van der Waals surface area contributed by atoms with E-state index in [1.54, 1.807) is 43.5 Å². The average molecular weight is 463 g/mol. The summed E-state index contributed by atoms with van der Waals surface area (Å²) >= 11 is 5.96. The zero-order valence-electron chi connectivity index (χ0n) is 17.9. The minimum absolute atomic E-state index is 0.0511. The molecule has 0 saturated carbocycles. The number of aryl methyl sites for hydroxylation is 2. The Hall–Kier alpha value is -4.04. The van der Waals surface area contributed by atoms with Crippen molar-refractivity contribution in [1.29, 1.82) is 0 Å². The summed E-state index contributed by atoms with van der Waals surface area (Å²) in [5.74, 6) is 1.17. The molecule has 7 nitrogen and oxygen atoms in total. The molecule has 0 aliphatic carbocycles. The molecule has 4 aromatic rings. The molecule has 0 aliphatic rings. The van der Waals surface area contributed by atoms with Crippen LogP contribution in [0.1, 0.15) is 21.7 Å². The number of hydrogen-bond donors (Lipinski definition) is 3. The third-order valence-electron chi connectivity index (χ3n) is 4.61. The Balaban J connectivity index is 1.45. The highest BCUT2D eigenvalue weighted by Gasteiger charge is 2.15. The Kier molecular flexibility index (Phi) is 6.46. The number of hydrogen-bond acceptors (Lipinski definition) is 6. The molecule has 9 heteroatoms. The molecule has 4 rings (SSSR count). The monoisotopic (exact) mass is 462 g/mol. The van der Waals surface area contributed by atoms with E-state index >= 15 is 0 Å². The number of benzene rings is 2. The molecule has 3 N–H and O–H groups in total. The second-order valence-electron chi connectivity index (χ2n) is 7.28. The van der Waals surface area contributed by atoms with Crippen LogP contribution in [-0.2, 0) is 0 Å². The number of nitrogens with one attached hydrogen (secondary N) is 3. The molecule has 0 atom stereocenters. The van der Waals surface area contributed by atoms with E-state index in [2.05, 4.69) is 30.9 Å². The Morgan fingerprint density at radius 1 is 0.879 bits per heavy atom.